The molecule has 0 amide bonds. The minimum Gasteiger partial charge on any atom is -0.397 e. The lowest BCUT2D eigenvalue weighted by molar-refractivity contribution is -0.379. The lowest BCUT2D eigenvalue weighted by Crippen LogP contribution is -2.55. The van der Waals surface area contributed by atoms with Gasteiger partial charge in [0.05, 0.1) is 11.2 Å². The predicted octanol–water partition coefficient (Wildman–Crippen LogP) is 0.923. The number of nitrogens with two attached hydrogens (primary N) is 1. The maximum Gasteiger partial charge on any atom is 0.275 e. The van der Waals surface area contributed by atoms with Gasteiger partial charge in [-0.3, -0.25) is 9.36 Å². The van der Waals surface area contributed by atoms with Crippen molar-refractivity contribution in [2.75, 3.05) is 5.73 Å². The molecule has 0 aliphatic rings. The van der Waals surface area contributed by atoms with Crippen LogP contribution >= 0.6 is 0 Å². The van der Waals surface area contributed by atoms with Gasteiger partial charge in [0.2, 0.25) is 0 Å². The number of pyridine rings is 1. The highest BCUT2D eigenvalue weighted by Gasteiger charge is 2.15. The van der Waals surface area contributed by atoms with E-state index in [0.717, 1.165) is 0 Å². The van der Waals surface area contributed by atoms with Gasteiger partial charge in [0.15, 0.2) is 0 Å². The molecule has 0 unspecified atom stereocenters. The van der Waals surface area contributed by atoms with Crippen LogP contribution in [0, 0.1) is 16.2 Å². The maximum absolute atomic E-state index is 12.6. The smallest absolute Gasteiger partial charge is 0.275 e. The molecule has 1 heterocycles. The number of fused-ring (bicyclic) bond motifs is 1. The van der Waals surface area contributed by atoms with Crippen molar-refractivity contribution in [1.82, 2.24) is 4.57 Å². The summed E-state index contributed by atoms with van der Waals surface area (Å²) in [6.07, 6.45) is 0. The minimum absolute atomic E-state index is 0.0928. The number of nitrogens with zero attached hydrogens (tertiary/aromatic N) is 2. The number of hydrogen-bond acceptors (Lipinski definition) is 4. The van der Waals surface area contributed by atoms with Crippen LogP contribution in [0.1, 0.15) is 5.56 Å². The molecule has 0 aliphatic carbocycles. The van der Waals surface area contributed by atoms with E-state index >= 15 is 0 Å². The van der Waals surface area contributed by atoms with Gasteiger partial charge in [-0.2, -0.15) is 5.26 Å². The average molecular weight is 291 g/mol. The number of nitrogen functional groups attached to an aromatic ring is 1. The molecule has 0 aliphatic heterocycles. The summed E-state index contributed by atoms with van der Waals surface area (Å²) in [5.41, 5.74) is 7.08. The fourth-order valence-electron chi connectivity index (χ4n) is 2.41. The Balaban J connectivity index is 2.44. The lowest BCUT2D eigenvalue weighted by Gasteiger charge is -2.13. The number of hydrogen-bond donors (Lipinski definition) is 2. The number of nitrogens with one attached hydrogen (secondary N) is 1. The Morgan fingerprint density at radius 2 is 1.77 bits per heavy atom. The SMILES string of the molecule is N#Cc1c(N)c2ccccc2n(-c2ccc([NH+]=O)cc2)c1=O. The Hall–Kier alpha value is -3.46. The maximum atomic E-state index is 12.6. The van der Waals surface area contributed by atoms with Crippen molar-refractivity contribution in [2.45, 2.75) is 0 Å². The Morgan fingerprint density at radius 1 is 1.09 bits per heavy atom. The topological polar surface area (TPSA) is 103 Å². The number of nitroso groups, excluding NO2 is 1. The number of para-hydroxylation sites is 1. The highest BCUT2D eigenvalue weighted by Crippen LogP contribution is 2.24. The van der Waals surface area contributed by atoms with E-state index in [-0.39, 0.29) is 11.3 Å². The molecule has 0 bridgehead atoms. The molecular weight excluding hydrogens is 280 g/mol. The highest BCUT2D eigenvalue weighted by atomic mass is 16.3. The molecule has 0 radical (unpaired) electrons. The van der Waals surface area contributed by atoms with E-state index in [9.17, 15) is 15.0 Å². The zero-order valence-electron chi connectivity index (χ0n) is 11.4. The van der Waals surface area contributed by atoms with Gasteiger partial charge in [-0.25, -0.2) is 0 Å². The Labute approximate surface area is 125 Å². The van der Waals surface area contributed by atoms with Crippen molar-refractivity contribution in [3.63, 3.8) is 0 Å². The summed E-state index contributed by atoms with van der Waals surface area (Å²) < 4.78 is 1.42. The van der Waals surface area contributed by atoms with Gasteiger partial charge >= 0.3 is 0 Å². The number of nitriles is 1. The van der Waals surface area contributed by atoms with Crippen molar-refractivity contribution in [2.24, 2.45) is 0 Å². The van der Waals surface area contributed by atoms with E-state index in [0.29, 0.717) is 22.3 Å². The third-order valence-corrected chi connectivity index (χ3v) is 3.48. The summed E-state index contributed by atoms with van der Waals surface area (Å²) >= 11 is 0. The quantitative estimate of drug-likeness (QED) is 0.732. The van der Waals surface area contributed by atoms with Gasteiger partial charge < -0.3 is 5.73 Å². The van der Waals surface area contributed by atoms with E-state index in [2.05, 4.69) is 0 Å². The first kappa shape index (κ1) is 13.5. The molecule has 3 N–H and O–H groups in total. The second-order valence-corrected chi connectivity index (χ2v) is 4.71. The van der Waals surface area contributed by atoms with Gasteiger partial charge in [0.25, 0.3) is 11.2 Å². The van der Waals surface area contributed by atoms with Crippen LogP contribution in [0.15, 0.2) is 53.3 Å². The molecule has 0 saturated carbocycles. The Morgan fingerprint density at radius 3 is 2.41 bits per heavy atom. The second kappa shape index (κ2) is 5.14. The van der Waals surface area contributed by atoms with Crippen molar-refractivity contribution in [3.05, 3.63) is 69.4 Å². The van der Waals surface area contributed by atoms with Gasteiger partial charge in [-0.05, 0) is 18.2 Å². The van der Waals surface area contributed by atoms with Crippen LogP contribution < -0.4 is 16.5 Å². The summed E-state index contributed by atoms with van der Waals surface area (Å²) in [5, 5.41) is 11.6. The largest absolute Gasteiger partial charge is 0.397 e. The van der Waals surface area contributed by atoms with E-state index in [1.54, 1.807) is 53.7 Å². The first-order valence-electron chi connectivity index (χ1n) is 6.49. The summed E-state index contributed by atoms with van der Waals surface area (Å²) in [5.74, 6) is 0. The molecule has 3 rings (SSSR count). The Kier molecular flexibility index (Phi) is 3.16. The predicted molar refractivity (Wildman–Crippen MR) is 82.7 cm³/mol. The van der Waals surface area contributed by atoms with Crippen molar-refractivity contribution >= 4 is 22.3 Å². The van der Waals surface area contributed by atoms with Crippen molar-refractivity contribution in [3.8, 4) is 11.8 Å². The molecule has 2 aromatic carbocycles. The van der Waals surface area contributed by atoms with Crippen LogP contribution in [-0.2, 0) is 0 Å². The molecule has 6 nitrogen and oxygen atoms in total. The molecule has 0 spiro atoms. The third kappa shape index (κ3) is 1.93. The summed E-state index contributed by atoms with van der Waals surface area (Å²) in [7, 11) is 0. The summed E-state index contributed by atoms with van der Waals surface area (Å²) in [6, 6.07) is 15.3. The van der Waals surface area contributed by atoms with Crippen LogP contribution in [0.2, 0.25) is 0 Å². The van der Waals surface area contributed by atoms with Gasteiger partial charge in [0.1, 0.15) is 11.6 Å². The van der Waals surface area contributed by atoms with Crippen LogP contribution in [0.4, 0.5) is 11.4 Å². The monoisotopic (exact) mass is 291 g/mol. The van der Waals surface area contributed by atoms with Crippen LogP contribution in [0.3, 0.4) is 0 Å². The fraction of sp³-hybridized carbons (Fsp3) is 0. The summed E-state index contributed by atoms with van der Waals surface area (Å²) in [4.78, 5) is 23.2. The molecule has 6 heteroatoms. The number of rotatable bonds is 2. The molecule has 0 atom stereocenters. The zero-order valence-corrected chi connectivity index (χ0v) is 11.4. The van der Waals surface area contributed by atoms with E-state index in [4.69, 9.17) is 5.73 Å². The Bertz CT molecular complexity index is 982. The molecule has 0 saturated heterocycles. The van der Waals surface area contributed by atoms with Gasteiger partial charge in [0, 0.05) is 33.3 Å². The molecule has 22 heavy (non-hydrogen) atoms. The van der Waals surface area contributed by atoms with E-state index in [1.165, 1.54) is 4.57 Å². The number of anilines is 1. The van der Waals surface area contributed by atoms with Gasteiger partial charge in [-0.15, -0.1) is 0 Å². The molecule has 3 aromatic rings. The van der Waals surface area contributed by atoms with Crippen LogP contribution in [-0.4, -0.2) is 4.57 Å². The van der Waals surface area contributed by atoms with Crippen LogP contribution in [0.5, 0.6) is 0 Å². The molecule has 106 valence electrons. The first-order valence-corrected chi connectivity index (χ1v) is 6.49. The van der Waals surface area contributed by atoms with Crippen molar-refractivity contribution in [1.29, 1.82) is 5.26 Å². The molecule has 0 fully saturated rings. The second-order valence-electron chi connectivity index (χ2n) is 4.71. The standard InChI is InChI=1S/C16H10N4O2/c17-9-13-15(18)12-3-1-2-4-14(12)20(16(13)21)11-7-5-10(19-22)6-8-11/h1-8H,18H2/p+1. The molecule has 1 aromatic heterocycles. The average Bonchev–Trinajstić information content (AvgIpc) is 2.56. The fourth-order valence-corrected chi connectivity index (χ4v) is 2.41. The van der Waals surface area contributed by atoms with Crippen molar-refractivity contribution < 1.29 is 5.18 Å². The summed E-state index contributed by atoms with van der Waals surface area (Å²) in [6.45, 7) is 0. The normalized spacial score (nSPS) is 10.3. The van der Waals surface area contributed by atoms with E-state index in [1.807, 2.05) is 6.07 Å². The number of aromatic nitrogens is 1. The van der Waals surface area contributed by atoms with E-state index < -0.39 is 5.56 Å². The zero-order chi connectivity index (χ0) is 15.7. The first-order chi connectivity index (χ1) is 10.7. The number of benzene rings is 2. The lowest BCUT2D eigenvalue weighted by atomic mass is 10.1. The van der Waals surface area contributed by atoms with Crippen LogP contribution in [0.25, 0.3) is 16.6 Å². The highest BCUT2D eigenvalue weighted by molar-refractivity contribution is 5.93. The third-order valence-electron chi connectivity index (χ3n) is 3.48. The van der Waals surface area contributed by atoms with Gasteiger partial charge in [-0.1, -0.05) is 18.2 Å². The molecular formula is C16H11N4O2+. The minimum atomic E-state index is -0.485.